The predicted molar refractivity (Wildman–Crippen MR) is 300 cm³/mol. The number of nitrogen functional groups attached to an aromatic ring is 1. The number of aromatic nitrogens is 9. The molecule has 0 radical (unpaired) electrons. The van der Waals surface area contributed by atoms with Gasteiger partial charge in [0.25, 0.3) is 23.6 Å². The Balaban J connectivity index is 0.000000146. The molecule has 6 aromatic carbocycles. The van der Waals surface area contributed by atoms with E-state index in [4.69, 9.17) is 30.4 Å². The van der Waals surface area contributed by atoms with Crippen molar-refractivity contribution in [2.75, 3.05) is 43.3 Å². The lowest BCUT2D eigenvalue weighted by molar-refractivity contribution is 0.0926. The zero-order chi connectivity index (χ0) is 56.0. The first-order chi connectivity index (χ1) is 38.3. The fourth-order valence-electron chi connectivity index (χ4n) is 8.53. The Labute approximate surface area is 455 Å². The molecule has 0 aliphatic carbocycles. The number of aryl methyl sites for hydroxylation is 3. The van der Waals surface area contributed by atoms with Gasteiger partial charge in [-0.2, -0.15) is 41.1 Å². The van der Waals surface area contributed by atoms with Gasteiger partial charge in [0.1, 0.15) is 52.4 Å². The minimum Gasteiger partial charge on any atom is -0.494 e. The number of methoxy groups -OCH3 is 1. The number of carbonyl (C=O) groups excluding carboxylic acids is 3. The van der Waals surface area contributed by atoms with Gasteiger partial charge in [-0.3, -0.25) is 14.4 Å². The van der Waals surface area contributed by atoms with Crippen molar-refractivity contribution in [3.63, 3.8) is 0 Å². The number of para-hydroxylation sites is 3. The Kier molecular flexibility index (Phi) is 17.8. The van der Waals surface area contributed by atoms with E-state index in [2.05, 4.69) is 67.5 Å². The molecule has 0 spiro atoms. The van der Waals surface area contributed by atoms with Gasteiger partial charge < -0.3 is 51.7 Å². The maximum absolute atomic E-state index is 12.5. The number of nitrogens with two attached hydrogens (primary N) is 2. The van der Waals surface area contributed by atoms with Crippen LogP contribution in [0.5, 0.6) is 23.1 Å². The molecule has 2 atom stereocenters. The van der Waals surface area contributed by atoms with Crippen LogP contribution >= 0.6 is 0 Å². The number of hydrogen-bond donors (Lipinski definition) is 9. The maximum Gasteiger partial charge on any atom is 0.261 e. The van der Waals surface area contributed by atoms with Crippen molar-refractivity contribution in [3.05, 3.63) is 172 Å². The molecule has 406 valence electrons. The van der Waals surface area contributed by atoms with Gasteiger partial charge in [-0.1, -0.05) is 36.4 Å². The van der Waals surface area contributed by atoms with Crippen LogP contribution in [0.1, 0.15) is 92.3 Å². The van der Waals surface area contributed by atoms with E-state index in [-0.39, 0.29) is 11.8 Å². The maximum atomic E-state index is 12.5. The summed E-state index contributed by atoms with van der Waals surface area (Å²) < 4.78 is 21.4. The molecule has 0 saturated carbocycles. The van der Waals surface area contributed by atoms with Crippen molar-refractivity contribution in [2.45, 2.75) is 53.9 Å². The summed E-state index contributed by atoms with van der Waals surface area (Å²) in [5, 5.41) is 45.5. The van der Waals surface area contributed by atoms with Gasteiger partial charge in [0.2, 0.25) is 0 Å². The van der Waals surface area contributed by atoms with Crippen molar-refractivity contribution in [3.8, 4) is 56.9 Å². The van der Waals surface area contributed by atoms with Crippen LogP contribution in [-0.2, 0) is 0 Å². The number of carbonyl (C=O) groups is 3. The largest absolute Gasteiger partial charge is 0.494 e. The molecule has 2 aliphatic heterocycles. The first-order valence-electron chi connectivity index (χ1n) is 25.3. The van der Waals surface area contributed by atoms with Gasteiger partial charge >= 0.3 is 0 Å². The number of nitrogens with zero attached hydrogens (tertiary/aromatic N) is 6. The topological polar surface area (TPSA) is 313 Å². The van der Waals surface area contributed by atoms with Crippen LogP contribution in [-0.4, -0.2) is 90.9 Å². The highest BCUT2D eigenvalue weighted by atomic mass is 16.5. The molecule has 79 heavy (non-hydrogen) atoms. The van der Waals surface area contributed by atoms with Crippen LogP contribution in [0, 0.1) is 20.8 Å². The molecular weight excluding hydrogens is 1010 g/mol. The number of benzene rings is 6. The third kappa shape index (κ3) is 12.9. The standard InChI is InChI=1S/2C19H19N5O2.C11H13N3O2.C8H10N2O/c2*1-3-26-13-9-7-12(8-10-13)16-17(23-24-22-16)18-20-15-11(2)5-4-6-14(15)19(25)21-18;1-3-16-9-6-4-8(5-7-9)10-11(15-2)13-14-12-10;1-5-3-2-4-6(7(5)9)8(10)11/h2*4-10,18,20H,3H2,1-2H3,(H,21,25)(H,22,23,24);4-7H,3H2,1-2H3,(H,12,13,14);2-4H,9H2,1H3,(H2,10,11)/t18-;;;/m1.../s1. The number of primary amides is 1. The molecule has 22 heteroatoms. The second-order valence-corrected chi connectivity index (χ2v) is 17.7. The fourth-order valence-corrected chi connectivity index (χ4v) is 8.53. The molecule has 1 unspecified atom stereocenters. The van der Waals surface area contributed by atoms with E-state index in [1.165, 1.54) is 0 Å². The zero-order valence-corrected chi connectivity index (χ0v) is 44.6. The average Bonchev–Trinajstić information content (AvgIpc) is 4.29. The third-order valence-corrected chi connectivity index (χ3v) is 12.5. The highest BCUT2D eigenvalue weighted by molar-refractivity contribution is 6.03. The number of anilines is 3. The van der Waals surface area contributed by atoms with Crippen LogP contribution in [0.15, 0.2) is 127 Å². The summed E-state index contributed by atoms with van der Waals surface area (Å²) in [6.45, 7) is 13.5. The van der Waals surface area contributed by atoms with Gasteiger partial charge in [0.15, 0.2) is 5.69 Å². The molecule has 2 aliphatic rings. The lowest BCUT2D eigenvalue weighted by Crippen LogP contribution is -2.39. The molecule has 0 fully saturated rings. The number of amides is 3. The van der Waals surface area contributed by atoms with Crippen molar-refractivity contribution >= 4 is 34.8 Å². The number of hydrogen-bond acceptors (Lipinski definition) is 16. The Morgan fingerprint density at radius 1 is 0.494 bits per heavy atom. The molecule has 5 heterocycles. The van der Waals surface area contributed by atoms with E-state index in [0.717, 1.165) is 62.0 Å². The van der Waals surface area contributed by atoms with E-state index < -0.39 is 18.2 Å². The highest BCUT2D eigenvalue weighted by Crippen LogP contribution is 2.35. The molecule has 3 amide bonds. The van der Waals surface area contributed by atoms with Crippen LogP contribution in [0.3, 0.4) is 0 Å². The molecule has 22 nitrogen and oxygen atoms in total. The second-order valence-electron chi connectivity index (χ2n) is 17.7. The Morgan fingerprint density at radius 3 is 1.27 bits per heavy atom. The lowest BCUT2D eigenvalue weighted by Gasteiger charge is -2.28. The fraction of sp³-hybridized carbons (Fsp3) is 0.211. The van der Waals surface area contributed by atoms with E-state index in [0.29, 0.717) is 76.5 Å². The normalized spacial score (nSPS) is 13.8. The number of rotatable bonds is 13. The number of H-pyrrole nitrogens is 3. The van der Waals surface area contributed by atoms with E-state index in [9.17, 15) is 14.4 Å². The van der Waals surface area contributed by atoms with Crippen LogP contribution < -0.4 is 51.7 Å². The molecule has 0 saturated heterocycles. The van der Waals surface area contributed by atoms with Gasteiger partial charge in [0.05, 0.1) is 55.0 Å². The molecule has 11 N–H and O–H groups in total. The van der Waals surface area contributed by atoms with Gasteiger partial charge in [-0.05, 0) is 149 Å². The van der Waals surface area contributed by atoms with Crippen LogP contribution in [0.2, 0.25) is 0 Å². The number of fused-ring (bicyclic) bond motifs is 2. The number of aromatic amines is 3. The summed E-state index contributed by atoms with van der Waals surface area (Å²) in [4.78, 5) is 35.7. The number of ether oxygens (including phenoxy) is 4. The Bertz CT molecular complexity index is 3370. The predicted octanol–water partition coefficient (Wildman–Crippen LogP) is 8.62. The van der Waals surface area contributed by atoms with Crippen LogP contribution in [0.4, 0.5) is 17.1 Å². The quantitative estimate of drug-likeness (QED) is 0.0488. The van der Waals surface area contributed by atoms with Crippen molar-refractivity contribution in [1.82, 2.24) is 56.9 Å². The van der Waals surface area contributed by atoms with E-state index >= 15 is 0 Å². The van der Waals surface area contributed by atoms with E-state index in [1.54, 1.807) is 31.4 Å². The Morgan fingerprint density at radius 2 is 0.873 bits per heavy atom. The summed E-state index contributed by atoms with van der Waals surface area (Å²) in [6.07, 6.45) is -0.923. The average molecular weight is 1070 g/mol. The molecule has 0 bridgehead atoms. The molecule has 11 rings (SSSR count). The highest BCUT2D eigenvalue weighted by Gasteiger charge is 2.31. The zero-order valence-electron chi connectivity index (χ0n) is 44.6. The summed E-state index contributed by atoms with van der Waals surface area (Å²) in [7, 11) is 1.57. The second kappa shape index (κ2) is 25.5. The number of nitrogens with one attached hydrogen (secondary N) is 7. The first kappa shape index (κ1) is 55.0. The minimum atomic E-state index is -0.480. The lowest BCUT2D eigenvalue weighted by atomic mass is 10.0. The van der Waals surface area contributed by atoms with Gasteiger partial charge in [0, 0.05) is 22.4 Å². The van der Waals surface area contributed by atoms with Crippen molar-refractivity contribution in [2.24, 2.45) is 5.73 Å². The van der Waals surface area contributed by atoms with Crippen molar-refractivity contribution < 1.29 is 33.3 Å². The summed E-state index contributed by atoms with van der Waals surface area (Å²) in [6, 6.07) is 39.4. The minimum absolute atomic E-state index is 0.131. The van der Waals surface area contributed by atoms with Gasteiger partial charge in [-0.15, -0.1) is 5.10 Å². The summed E-state index contributed by atoms with van der Waals surface area (Å²) >= 11 is 0. The summed E-state index contributed by atoms with van der Waals surface area (Å²) in [5.41, 5.74) is 23.4. The third-order valence-electron chi connectivity index (χ3n) is 12.5. The van der Waals surface area contributed by atoms with Crippen molar-refractivity contribution in [1.29, 1.82) is 0 Å². The molecule has 9 aromatic rings. The Hall–Kier alpha value is -10.3. The van der Waals surface area contributed by atoms with E-state index in [1.807, 2.05) is 145 Å². The molecular formula is C57H61N15O7. The SMILES string of the molecule is CCOc1ccc(-c2n[nH]nc2C2NC(=O)c3cccc(C)c3N2)cc1.CCOc1ccc(-c2n[nH]nc2OC)cc1.CCOc1ccc(-c2n[nH]nc2[C@H]2NC(=O)c3cccc(C)c3N2)cc1.Cc1cccc(C(N)=O)c1N. The summed E-state index contributed by atoms with van der Waals surface area (Å²) in [5.74, 6) is 2.19. The first-order valence-corrected chi connectivity index (χ1v) is 25.3. The molecule has 3 aromatic heterocycles. The van der Waals surface area contributed by atoms with Gasteiger partial charge in [-0.25, -0.2) is 0 Å². The smallest absolute Gasteiger partial charge is 0.261 e. The van der Waals surface area contributed by atoms with Crippen LogP contribution in [0.25, 0.3) is 33.8 Å². The monoisotopic (exact) mass is 1070 g/mol.